The first-order valence-corrected chi connectivity index (χ1v) is 6.64. The normalized spacial score (nSPS) is 10.4. The van der Waals surface area contributed by atoms with Gasteiger partial charge in [-0.25, -0.2) is 0 Å². The molecule has 0 saturated carbocycles. The molecule has 6 heteroatoms. The average Bonchev–Trinajstić information content (AvgIpc) is 2.78. The van der Waals surface area contributed by atoms with E-state index in [-0.39, 0.29) is 12.5 Å². The fourth-order valence-corrected chi connectivity index (χ4v) is 1.94. The molecule has 0 aliphatic heterocycles. The third kappa shape index (κ3) is 4.06. The van der Waals surface area contributed by atoms with E-state index >= 15 is 0 Å². The largest absolute Gasteiger partial charge is 0.381 e. The molecule has 2 N–H and O–H groups in total. The number of nitrogens with one attached hydrogen (secondary N) is 2. The first-order chi connectivity index (χ1) is 10.1. The lowest BCUT2D eigenvalue weighted by atomic mass is 10.2. The van der Waals surface area contributed by atoms with Crippen LogP contribution in [0.5, 0.6) is 0 Å². The number of hydrogen-bond donors (Lipinski definition) is 2. The predicted molar refractivity (Wildman–Crippen MR) is 80.3 cm³/mol. The van der Waals surface area contributed by atoms with E-state index in [4.69, 9.17) is 9.26 Å². The zero-order valence-electron chi connectivity index (χ0n) is 12.4. The van der Waals surface area contributed by atoms with Crippen LogP contribution < -0.4 is 10.6 Å². The molecule has 1 amide bonds. The van der Waals surface area contributed by atoms with Crippen LogP contribution in [0.25, 0.3) is 0 Å². The molecule has 0 radical (unpaired) electrons. The summed E-state index contributed by atoms with van der Waals surface area (Å²) in [5, 5.41) is 9.96. The number of anilines is 2. The monoisotopic (exact) mass is 289 g/mol. The topological polar surface area (TPSA) is 76.4 Å². The fourth-order valence-electron chi connectivity index (χ4n) is 1.94. The molecule has 1 aromatic heterocycles. The third-order valence-corrected chi connectivity index (χ3v) is 3.09. The molecule has 1 aromatic carbocycles. The van der Waals surface area contributed by atoms with E-state index in [2.05, 4.69) is 15.8 Å². The Hall–Kier alpha value is -2.34. The lowest BCUT2D eigenvalue weighted by Gasteiger charge is -2.08. The molecule has 2 rings (SSSR count). The highest BCUT2D eigenvalue weighted by molar-refractivity contribution is 5.91. The summed E-state index contributed by atoms with van der Waals surface area (Å²) in [5.41, 5.74) is 3.65. The molecule has 112 valence electrons. The SMILES string of the molecule is COCC(=O)Nc1ccc(NCc2c(C)noc2C)cc1. The smallest absolute Gasteiger partial charge is 0.250 e. The molecule has 0 atom stereocenters. The maximum Gasteiger partial charge on any atom is 0.250 e. The minimum atomic E-state index is -0.172. The van der Waals surface area contributed by atoms with Crippen molar-refractivity contribution in [2.45, 2.75) is 20.4 Å². The second-order valence-electron chi connectivity index (χ2n) is 4.71. The van der Waals surface area contributed by atoms with E-state index in [1.165, 1.54) is 7.11 Å². The minimum absolute atomic E-state index is 0.0477. The molecule has 0 saturated heterocycles. The van der Waals surface area contributed by atoms with Crippen molar-refractivity contribution < 1.29 is 14.1 Å². The number of aryl methyl sites for hydroxylation is 2. The van der Waals surface area contributed by atoms with Crippen molar-refractivity contribution in [2.24, 2.45) is 0 Å². The van der Waals surface area contributed by atoms with E-state index in [1.54, 1.807) is 0 Å². The van der Waals surface area contributed by atoms with Crippen molar-refractivity contribution in [1.82, 2.24) is 5.16 Å². The lowest BCUT2D eigenvalue weighted by molar-refractivity contribution is -0.119. The molecule has 1 heterocycles. The number of carbonyl (C=O) groups is 1. The molecular weight excluding hydrogens is 270 g/mol. The molecule has 0 unspecified atom stereocenters. The maximum atomic E-state index is 11.4. The van der Waals surface area contributed by atoms with Crippen LogP contribution in [0, 0.1) is 13.8 Å². The third-order valence-electron chi connectivity index (χ3n) is 3.09. The molecule has 0 spiro atoms. The first kappa shape index (κ1) is 15.1. The number of hydrogen-bond acceptors (Lipinski definition) is 5. The zero-order valence-corrected chi connectivity index (χ0v) is 12.4. The van der Waals surface area contributed by atoms with Crippen molar-refractivity contribution >= 4 is 17.3 Å². The zero-order chi connectivity index (χ0) is 15.2. The van der Waals surface area contributed by atoms with E-state index in [0.29, 0.717) is 6.54 Å². The average molecular weight is 289 g/mol. The Balaban J connectivity index is 1.92. The predicted octanol–water partition coefficient (Wildman–Crippen LogP) is 2.49. The van der Waals surface area contributed by atoms with Gasteiger partial charge in [0, 0.05) is 30.6 Å². The molecule has 21 heavy (non-hydrogen) atoms. The van der Waals surface area contributed by atoms with Gasteiger partial charge in [-0.15, -0.1) is 0 Å². The standard InChI is InChI=1S/C15H19N3O3/c1-10-14(11(2)21-18-10)8-16-12-4-6-13(7-5-12)17-15(19)9-20-3/h4-7,16H,8-9H2,1-3H3,(H,17,19). The number of nitrogens with zero attached hydrogens (tertiary/aromatic N) is 1. The van der Waals surface area contributed by atoms with Gasteiger partial charge < -0.3 is 19.9 Å². The van der Waals surface area contributed by atoms with Gasteiger partial charge in [0.2, 0.25) is 5.91 Å². The molecule has 0 aliphatic carbocycles. The summed E-state index contributed by atoms with van der Waals surface area (Å²) in [6.07, 6.45) is 0. The van der Waals surface area contributed by atoms with E-state index in [0.717, 1.165) is 28.4 Å². The number of aromatic nitrogens is 1. The second kappa shape index (κ2) is 6.90. The molecule has 0 bridgehead atoms. The number of benzene rings is 1. The molecule has 2 aromatic rings. The van der Waals surface area contributed by atoms with Gasteiger partial charge in [-0.1, -0.05) is 5.16 Å². The van der Waals surface area contributed by atoms with Crippen LogP contribution >= 0.6 is 0 Å². The highest BCUT2D eigenvalue weighted by atomic mass is 16.5. The number of methoxy groups -OCH3 is 1. The summed E-state index contributed by atoms with van der Waals surface area (Å²) >= 11 is 0. The van der Waals surface area contributed by atoms with Gasteiger partial charge in [-0.05, 0) is 38.1 Å². The minimum Gasteiger partial charge on any atom is -0.381 e. The fraction of sp³-hybridized carbons (Fsp3) is 0.333. The summed E-state index contributed by atoms with van der Waals surface area (Å²) in [6.45, 7) is 4.51. The lowest BCUT2D eigenvalue weighted by Crippen LogP contribution is -2.16. The Kier molecular flexibility index (Phi) is 4.94. The number of carbonyl (C=O) groups excluding carboxylic acids is 1. The molecule has 0 fully saturated rings. The Bertz CT molecular complexity index is 586. The summed E-state index contributed by atoms with van der Waals surface area (Å²) in [6, 6.07) is 7.48. The van der Waals surface area contributed by atoms with E-state index in [9.17, 15) is 4.79 Å². The molecular formula is C15H19N3O3. The van der Waals surface area contributed by atoms with Crippen LogP contribution in [-0.2, 0) is 16.1 Å². The van der Waals surface area contributed by atoms with Gasteiger partial charge in [0.15, 0.2) is 0 Å². The highest BCUT2D eigenvalue weighted by Crippen LogP contribution is 2.17. The Morgan fingerprint density at radius 1 is 1.24 bits per heavy atom. The van der Waals surface area contributed by atoms with Gasteiger partial charge in [-0.3, -0.25) is 4.79 Å². The van der Waals surface area contributed by atoms with Gasteiger partial charge in [-0.2, -0.15) is 0 Å². The van der Waals surface area contributed by atoms with Crippen LogP contribution in [0.2, 0.25) is 0 Å². The maximum absolute atomic E-state index is 11.4. The van der Waals surface area contributed by atoms with Crippen LogP contribution in [0.15, 0.2) is 28.8 Å². The van der Waals surface area contributed by atoms with Gasteiger partial charge in [0.25, 0.3) is 0 Å². The summed E-state index contributed by atoms with van der Waals surface area (Å²) in [7, 11) is 1.49. The van der Waals surface area contributed by atoms with Crippen LogP contribution in [0.1, 0.15) is 17.0 Å². The Morgan fingerprint density at radius 2 is 1.90 bits per heavy atom. The van der Waals surface area contributed by atoms with Gasteiger partial charge in [0.05, 0.1) is 5.69 Å². The van der Waals surface area contributed by atoms with Crippen molar-refractivity contribution in [3.63, 3.8) is 0 Å². The Morgan fingerprint density at radius 3 is 2.48 bits per heavy atom. The van der Waals surface area contributed by atoms with E-state index in [1.807, 2.05) is 38.1 Å². The molecule has 6 nitrogen and oxygen atoms in total. The Labute approximate surface area is 123 Å². The van der Waals surface area contributed by atoms with Gasteiger partial charge in [0.1, 0.15) is 12.4 Å². The molecule has 0 aliphatic rings. The van der Waals surface area contributed by atoms with E-state index < -0.39 is 0 Å². The summed E-state index contributed by atoms with van der Waals surface area (Å²) in [4.78, 5) is 11.4. The summed E-state index contributed by atoms with van der Waals surface area (Å²) in [5.74, 6) is 0.650. The second-order valence-corrected chi connectivity index (χ2v) is 4.71. The van der Waals surface area contributed by atoms with Crippen LogP contribution in [0.4, 0.5) is 11.4 Å². The first-order valence-electron chi connectivity index (χ1n) is 6.64. The highest BCUT2D eigenvalue weighted by Gasteiger charge is 2.08. The van der Waals surface area contributed by atoms with Crippen LogP contribution in [0.3, 0.4) is 0 Å². The number of rotatable bonds is 6. The van der Waals surface area contributed by atoms with Crippen molar-refractivity contribution in [3.05, 3.63) is 41.3 Å². The number of ether oxygens (including phenoxy) is 1. The number of amides is 1. The van der Waals surface area contributed by atoms with Crippen LogP contribution in [-0.4, -0.2) is 24.8 Å². The van der Waals surface area contributed by atoms with Gasteiger partial charge >= 0.3 is 0 Å². The summed E-state index contributed by atoms with van der Waals surface area (Å²) < 4.78 is 9.88. The quantitative estimate of drug-likeness (QED) is 0.854. The van der Waals surface area contributed by atoms with Crippen molar-refractivity contribution in [3.8, 4) is 0 Å². The van der Waals surface area contributed by atoms with Crippen molar-refractivity contribution in [1.29, 1.82) is 0 Å². The van der Waals surface area contributed by atoms with Crippen molar-refractivity contribution in [2.75, 3.05) is 24.4 Å².